The number of carboxylic acids is 1. The van der Waals surface area contributed by atoms with Crippen LogP contribution >= 0.6 is 23.1 Å². The van der Waals surface area contributed by atoms with Gasteiger partial charge in [0.2, 0.25) is 0 Å². The third kappa shape index (κ3) is 5.24. The van der Waals surface area contributed by atoms with Crippen molar-refractivity contribution in [3.63, 3.8) is 0 Å². The van der Waals surface area contributed by atoms with Crippen LogP contribution in [-0.4, -0.2) is 74.5 Å². The molecule has 1 fully saturated rings. The molecule has 6 N–H and O–H groups in total. The molecule has 3 aliphatic rings. The zero-order chi connectivity index (χ0) is 25.1. The van der Waals surface area contributed by atoms with Crippen LogP contribution in [0.25, 0.3) is 0 Å². The van der Waals surface area contributed by atoms with Crippen LogP contribution < -0.4 is 16.8 Å². The number of anilines is 1. The van der Waals surface area contributed by atoms with Gasteiger partial charge in [0.25, 0.3) is 11.8 Å². The Morgan fingerprint density at radius 3 is 2.80 bits per heavy atom. The minimum Gasteiger partial charge on any atom is -0.477 e. The Morgan fingerprint density at radius 2 is 2.17 bits per heavy atom. The SMILES string of the molecule is NC(=O)OCC1=C(C(=O)O)N2C(=O)C(NC(=O)C(=NOC3C=CCCC3)c3csc(N)n3)[C@H]2SC1. The van der Waals surface area contributed by atoms with Gasteiger partial charge < -0.3 is 31.5 Å². The van der Waals surface area contributed by atoms with E-state index in [4.69, 9.17) is 21.0 Å². The minimum absolute atomic E-state index is 0.145. The Morgan fingerprint density at radius 1 is 1.37 bits per heavy atom. The van der Waals surface area contributed by atoms with E-state index in [1.807, 2.05) is 12.2 Å². The minimum atomic E-state index is -1.36. The molecule has 1 aromatic rings. The van der Waals surface area contributed by atoms with Crippen molar-refractivity contribution in [3.05, 3.63) is 34.5 Å². The van der Waals surface area contributed by atoms with Crippen LogP contribution in [0.5, 0.6) is 0 Å². The number of thiazole rings is 1. The maximum Gasteiger partial charge on any atom is 0.404 e. The molecular weight excluding hydrogens is 500 g/mol. The number of nitrogens with one attached hydrogen (secondary N) is 1. The predicted molar refractivity (Wildman–Crippen MR) is 126 cm³/mol. The Kier molecular flexibility index (Phi) is 7.25. The number of β-lactam (4-membered cyclic amide) rings is 1. The van der Waals surface area contributed by atoms with E-state index in [9.17, 15) is 24.3 Å². The average molecular weight is 523 g/mol. The second-order valence-electron chi connectivity index (χ2n) is 7.74. The van der Waals surface area contributed by atoms with Crippen LogP contribution in [0, 0.1) is 0 Å². The van der Waals surface area contributed by atoms with Crippen molar-refractivity contribution in [3.8, 4) is 0 Å². The van der Waals surface area contributed by atoms with Crippen LogP contribution in [0.2, 0.25) is 0 Å². The molecule has 3 heterocycles. The first-order valence-corrected chi connectivity index (χ1v) is 12.4. The van der Waals surface area contributed by atoms with Crippen LogP contribution in [-0.2, 0) is 24.0 Å². The largest absolute Gasteiger partial charge is 0.477 e. The lowest BCUT2D eigenvalue weighted by Crippen LogP contribution is -2.71. The number of nitrogens with zero attached hydrogens (tertiary/aromatic N) is 3. The summed E-state index contributed by atoms with van der Waals surface area (Å²) in [6, 6.07) is -1.00. The van der Waals surface area contributed by atoms with Gasteiger partial charge >= 0.3 is 12.1 Å². The molecule has 1 saturated heterocycles. The molecule has 186 valence electrons. The molecule has 0 bridgehead atoms. The highest BCUT2D eigenvalue weighted by Gasteiger charge is 2.54. The highest BCUT2D eigenvalue weighted by Crippen LogP contribution is 2.40. The van der Waals surface area contributed by atoms with Gasteiger partial charge in [-0.2, -0.15) is 0 Å². The van der Waals surface area contributed by atoms with Gasteiger partial charge in [-0.3, -0.25) is 14.5 Å². The zero-order valence-corrected chi connectivity index (χ0v) is 19.8. The molecule has 4 rings (SSSR count). The molecule has 1 aromatic heterocycles. The summed E-state index contributed by atoms with van der Waals surface area (Å²) in [6.07, 6.45) is 5.11. The topological polar surface area (TPSA) is 200 Å². The van der Waals surface area contributed by atoms with E-state index in [0.717, 1.165) is 35.5 Å². The molecule has 15 heteroatoms. The maximum atomic E-state index is 13.1. The predicted octanol–water partition coefficient (Wildman–Crippen LogP) is 0.389. The summed E-state index contributed by atoms with van der Waals surface area (Å²) >= 11 is 2.34. The Bertz CT molecular complexity index is 1150. The maximum absolute atomic E-state index is 13.1. The van der Waals surface area contributed by atoms with Crippen molar-refractivity contribution in [2.24, 2.45) is 10.9 Å². The van der Waals surface area contributed by atoms with E-state index < -0.39 is 35.3 Å². The second-order valence-corrected chi connectivity index (χ2v) is 9.73. The summed E-state index contributed by atoms with van der Waals surface area (Å²) in [5.74, 6) is -2.53. The third-order valence-corrected chi connectivity index (χ3v) is 7.41. The number of allylic oxidation sites excluding steroid dienone is 1. The van der Waals surface area contributed by atoms with Gasteiger partial charge in [-0.25, -0.2) is 14.6 Å². The van der Waals surface area contributed by atoms with Crippen LogP contribution in [0.4, 0.5) is 9.93 Å². The molecule has 2 unspecified atom stereocenters. The number of carbonyl (C=O) groups is 4. The van der Waals surface area contributed by atoms with Crippen LogP contribution in [0.1, 0.15) is 25.0 Å². The van der Waals surface area contributed by atoms with E-state index in [1.165, 1.54) is 11.8 Å². The van der Waals surface area contributed by atoms with Gasteiger partial charge in [0.05, 0.1) is 0 Å². The van der Waals surface area contributed by atoms with E-state index in [2.05, 4.69) is 15.5 Å². The van der Waals surface area contributed by atoms with E-state index >= 15 is 0 Å². The number of nitrogen functional groups attached to an aromatic ring is 1. The summed E-state index contributed by atoms with van der Waals surface area (Å²) in [7, 11) is 0. The smallest absolute Gasteiger partial charge is 0.404 e. The lowest BCUT2D eigenvalue weighted by molar-refractivity contribution is -0.150. The first-order chi connectivity index (χ1) is 16.8. The highest BCUT2D eigenvalue weighted by molar-refractivity contribution is 8.00. The van der Waals surface area contributed by atoms with Gasteiger partial charge in [-0.05, 0) is 25.3 Å². The van der Waals surface area contributed by atoms with Gasteiger partial charge in [0, 0.05) is 16.7 Å². The molecular formula is C20H22N6O7S2. The lowest BCUT2D eigenvalue weighted by atomic mass is 10.0. The van der Waals surface area contributed by atoms with Gasteiger partial charge in [0.1, 0.15) is 35.5 Å². The third-order valence-electron chi connectivity index (χ3n) is 5.39. The van der Waals surface area contributed by atoms with Crippen molar-refractivity contribution in [2.45, 2.75) is 36.8 Å². The highest BCUT2D eigenvalue weighted by atomic mass is 32.2. The summed E-state index contributed by atoms with van der Waals surface area (Å²) < 4.78 is 4.70. The first-order valence-electron chi connectivity index (χ1n) is 10.5. The number of primary amides is 1. The van der Waals surface area contributed by atoms with Crippen LogP contribution in [0.15, 0.2) is 34.0 Å². The molecule has 3 amide bonds. The Hall–Kier alpha value is -3.59. The molecule has 1 aliphatic carbocycles. The van der Waals surface area contributed by atoms with Gasteiger partial charge in [-0.1, -0.05) is 11.2 Å². The van der Waals surface area contributed by atoms with Crippen molar-refractivity contribution in [2.75, 3.05) is 18.1 Å². The second kappa shape index (κ2) is 10.4. The number of aromatic nitrogens is 1. The van der Waals surface area contributed by atoms with Crippen LogP contribution in [0.3, 0.4) is 0 Å². The number of aliphatic carboxylic acids is 1. The fourth-order valence-corrected chi connectivity index (χ4v) is 5.63. The number of carbonyl (C=O) groups excluding carboxylic acids is 3. The average Bonchev–Trinajstić information content (AvgIpc) is 3.26. The zero-order valence-electron chi connectivity index (χ0n) is 18.2. The number of nitrogens with two attached hydrogens (primary N) is 2. The summed E-state index contributed by atoms with van der Waals surface area (Å²) in [5.41, 5.74) is 10.7. The molecule has 2 aliphatic heterocycles. The fraction of sp³-hybridized carbons (Fsp3) is 0.400. The van der Waals surface area contributed by atoms with Crippen molar-refractivity contribution >= 4 is 57.8 Å². The van der Waals surface area contributed by atoms with Crippen molar-refractivity contribution < 1.29 is 33.9 Å². The Balaban J connectivity index is 1.51. The van der Waals surface area contributed by atoms with Gasteiger partial charge in [-0.15, -0.1) is 23.1 Å². The number of ether oxygens (including phenoxy) is 1. The van der Waals surface area contributed by atoms with Crippen molar-refractivity contribution in [1.82, 2.24) is 15.2 Å². The number of amides is 3. The molecule has 0 spiro atoms. The van der Waals surface area contributed by atoms with Gasteiger partial charge in [0.15, 0.2) is 10.8 Å². The molecule has 35 heavy (non-hydrogen) atoms. The number of hydrogen-bond acceptors (Lipinski definition) is 11. The van der Waals surface area contributed by atoms with Crippen molar-refractivity contribution in [1.29, 1.82) is 0 Å². The number of hydrogen-bond donors (Lipinski definition) is 4. The quantitative estimate of drug-likeness (QED) is 0.160. The number of carboxylic acid groups (broad SMARTS) is 1. The van der Waals surface area contributed by atoms with E-state index in [0.29, 0.717) is 0 Å². The number of oxime groups is 1. The lowest BCUT2D eigenvalue weighted by Gasteiger charge is -2.49. The fourth-order valence-electron chi connectivity index (χ4n) is 3.75. The van der Waals surface area contributed by atoms with E-state index in [-0.39, 0.29) is 46.3 Å². The summed E-state index contributed by atoms with van der Waals surface area (Å²) in [4.78, 5) is 59.4. The normalized spacial score (nSPS) is 23.9. The summed E-state index contributed by atoms with van der Waals surface area (Å²) in [5, 5.41) is 17.4. The molecule has 3 atom stereocenters. The number of thioether (sulfide) groups is 1. The number of rotatable bonds is 8. The van der Waals surface area contributed by atoms with E-state index in [1.54, 1.807) is 5.38 Å². The number of fused-ring (bicyclic) bond motifs is 1. The molecule has 0 saturated carbocycles. The molecule has 0 aromatic carbocycles. The molecule has 0 radical (unpaired) electrons. The Labute approximate surface area is 207 Å². The monoisotopic (exact) mass is 522 g/mol. The summed E-state index contributed by atoms with van der Waals surface area (Å²) in [6.45, 7) is -0.355. The molecule has 13 nitrogen and oxygen atoms in total. The standard InChI is InChI=1S/C20H22N6O7S2/c21-19-23-11(8-35-19)12(25-33-10-4-2-1-3-5-10)15(27)24-13-16(28)26-14(18(29)30)9(6-32-20(22)31)7-34-17(13)26/h2,4,8,10,13,17H,1,3,5-7H2,(H2,21,23)(H2,22,31)(H,24,27)(H,29,30)/t10?,13?,17-/m1/s1. The first kappa shape index (κ1) is 24.5.